The van der Waals surface area contributed by atoms with Crippen LogP contribution in [0, 0.1) is 5.82 Å². The molecule has 3 aromatic carbocycles. The number of nitrogens with one attached hydrogen (secondary N) is 2. The Balaban J connectivity index is 1.22. The van der Waals surface area contributed by atoms with E-state index >= 15 is 4.39 Å². The summed E-state index contributed by atoms with van der Waals surface area (Å²) in [5.41, 5.74) is 3.88. The van der Waals surface area contributed by atoms with Crippen molar-refractivity contribution >= 4 is 39.8 Å². The lowest BCUT2D eigenvalue weighted by atomic mass is 9.96. The van der Waals surface area contributed by atoms with Gasteiger partial charge in [-0.1, -0.05) is 42.5 Å². The van der Waals surface area contributed by atoms with Gasteiger partial charge in [-0.2, -0.15) is 5.10 Å². The average Bonchev–Trinajstić information content (AvgIpc) is 3.55. The molecule has 10 heteroatoms. The van der Waals surface area contributed by atoms with Crippen molar-refractivity contribution in [1.29, 1.82) is 0 Å². The van der Waals surface area contributed by atoms with Crippen LogP contribution in [0.2, 0.25) is 0 Å². The van der Waals surface area contributed by atoms with Crippen molar-refractivity contribution in [1.82, 2.24) is 14.7 Å². The number of alkyl halides is 1. The summed E-state index contributed by atoms with van der Waals surface area (Å²) in [7, 11) is 0. The molecule has 210 valence electrons. The summed E-state index contributed by atoms with van der Waals surface area (Å²) in [6, 6.07) is 16.5. The number of hydrogen-bond donors (Lipinski definition) is 2. The number of carbonyl (C=O) groups is 3. The van der Waals surface area contributed by atoms with Gasteiger partial charge in [0, 0.05) is 43.8 Å². The van der Waals surface area contributed by atoms with Gasteiger partial charge in [0.2, 0.25) is 5.91 Å². The minimum Gasteiger partial charge on any atom is -0.382 e. The average molecular weight is 558 g/mol. The SMILES string of the molecule is CC(=O)c1nn(CC(=O)N2C[C@H](F)C[C@H]2C(=O)Cc2cccc(-c3ccc4c(c3)NCCN4)c2F)c2ccccc12. The Bertz CT molecular complexity index is 1680. The Hall–Kier alpha value is -4.60. The summed E-state index contributed by atoms with van der Waals surface area (Å²) in [6.07, 6.45) is -1.79. The number of Topliss-reactive ketones (excluding diaryl/α,β-unsaturated/α-hetero) is 2. The zero-order valence-corrected chi connectivity index (χ0v) is 22.5. The van der Waals surface area contributed by atoms with Gasteiger partial charge in [0.15, 0.2) is 11.6 Å². The molecule has 6 rings (SSSR count). The Morgan fingerprint density at radius 3 is 2.59 bits per heavy atom. The van der Waals surface area contributed by atoms with Crippen LogP contribution in [0.15, 0.2) is 60.7 Å². The highest BCUT2D eigenvalue weighted by Crippen LogP contribution is 2.33. The highest BCUT2D eigenvalue weighted by Gasteiger charge is 2.40. The van der Waals surface area contributed by atoms with E-state index in [9.17, 15) is 18.8 Å². The molecule has 2 aliphatic heterocycles. The molecule has 2 aliphatic rings. The van der Waals surface area contributed by atoms with Crippen molar-refractivity contribution in [2.45, 2.75) is 38.5 Å². The third-order valence-electron chi connectivity index (χ3n) is 7.75. The number of rotatable bonds is 7. The number of halogens is 2. The first kappa shape index (κ1) is 26.6. The second-order valence-electron chi connectivity index (χ2n) is 10.5. The number of aromatic nitrogens is 2. The van der Waals surface area contributed by atoms with Crippen LogP contribution in [0.25, 0.3) is 22.0 Å². The Morgan fingerprint density at radius 2 is 1.78 bits per heavy atom. The molecular weight excluding hydrogens is 528 g/mol. The number of anilines is 2. The molecule has 8 nitrogen and oxygen atoms in total. The van der Waals surface area contributed by atoms with Crippen LogP contribution in [-0.2, 0) is 22.6 Å². The lowest BCUT2D eigenvalue weighted by Crippen LogP contribution is -2.43. The first-order chi connectivity index (χ1) is 19.8. The summed E-state index contributed by atoms with van der Waals surface area (Å²) in [6.45, 7) is 2.48. The fourth-order valence-corrected chi connectivity index (χ4v) is 5.74. The van der Waals surface area contributed by atoms with E-state index in [0.717, 1.165) is 24.5 Å². The predicted octanol–water partition coefficient (Wildman–Crippen LogP) is 4.63. The van der Waals surface area contributed by atoms with Crippen LogP contribution in [0.4, 0.5) is 20.2 Å². The van der Waals surface area contributed by atoms with Crippen LogP contribution < -0.4 is 10.6 Å². The maximum atomic E-state index is 15.7. The topological polar surface area (TPSA) is 96.3 Å². The molecule has 0 unspecified atom stereocenters. The van der Waals surface area contributed by atoms with Gasteiger partial charge in [0.1, 0.15) is 24.2 Å². The molecule has 3 heterocycles. The number of likely N-dealkylation sites (tertiary alicyclic amines) is 1. The van der Waals surface area contributed by atoms with Crippen LogP contribution in [0.3, 0.4) is 0 Å². The van der Waals surface area contributed by atoms with Crippen molar-refractivity contribution in [2.75, 3.05) is 30.3 Å². The van der Waals surface area contributed by atoms with Crippen LogP contribution in [0.5, 0.6) is 0 Å². The van der Waals surface area contributed by atoms with Crippen molar-refractivity contribution in [3.05, 3.63) is 77.7 Å². The van der Waals surface area contributed by atoms with E-state index in [-0.39, 0.29) is 43.0 Å². The standard InChI is InChI=1S/C31H29F2N5O3/c1-18(39)31-23-6-2-3-8-26(23)38(36-31)17-29(41)37-16-21(32)15-27(37)28(40)14-20-5-4-7-22(30(20)33)19-9-10-24-25(13-19)35-12-11-34-24/h2-10,13,21,27,34-35H,11-12,14-17H2,1H3/t21-,27+/m1/s1. The highest BCUT2D eigenvalue weighted by atomic mass is 19.1. The lowest BCUT2D eigenvalue weighted by Gasteiger charge is -2.24. The number of fused-ring (bicyclic) bond motifs is 2. The molecule has 1 saturated heterocycles. The third-order valence-corrected chi connectivity index (χ3v) is 7.75. The van der Waals surface area contributed by atoms with E-state index in [0.29, 0.717) is 22.0 Å². The molecule has 0 saturated carbocycles. The smallest absolute Gasteiger partial charge is 0.245 e. The van der Waals surface area contributed by atoms with Crippen molar-refractivity contribution < 1.29 is 23.2 Å². The van der Waals surface area contributed by atoms with Gasteiger partial charge in [-0.25, -0.2) is 8.78 Å². The molecule has 0 spiro atoms. The van der Waals surface area contributed by atoms with Crippen LogP contribution in [0.1, 0.15) is 29.4 Å². The Morgan fingerprint density at radius 1 is 1.00 bits per heavy atom. The fourth-order valence-electron chi connectivity index (χ4n) is 5.74. The molecule has 0 aliphatic carbocycles. The quantitative estimate of drug-likeness (QED) is 0.322. The maximum Gasteiger partial charge on any atom is 0.245 e. The van der Waals surface area contributed by atoms with Gasteiger partial charge in [-0.05, 0) is 29.3 Å². The number of para-hydroxylation sites is 1. The fraction of sp³-hybridized carbons (Fsp3) is 0.290. The second kappa shape index (κ2) is 10.8. The summed E-state index contributed by atoms with van der Waals surface area (Å²) in [5, 5.41) is 11.5. The molecule has 1 aromatic heterocycles. The second-order valence-corrected chi connectivity index (χ2v) is 10.5. The zero-order valence-electron chi connectivity index (χ0n) is 22.5. The Labute approximate surface area is 235 Å². The summed E-state index contributed by atoms with van der Waals surface area (Å²) < 4.78 is 31.7. The van der Waals surface area contributed by atoms with Gasteiger partial charge in [-0.15, -0.1) is 0 Å². The summed E-state index contributed by atoms with van der Waals surface area (Å²) in [4.78, 5) is 40.1. The normalized spacial score (nSPS) is 18.1. The van der Waals surface area contributed by atoms with Crippen molar-refractivity contribution in [3.8, 4) is 11.1 Å². The number of ketones is 2. The Kier molecular flexibility index (Phi) is 6.98. The molecule has 2 atom stereocenters. The van der Waals surface area contributed by atoms with Gasteiger partial charge in [-0.3, -0.25) is 19.1 Å². The van der Waals surface area contributed by atoms with Crippen molar-refractivity contribution in [2.24, 2.45) is 0 Å². The largest absolute Gasteiger partial charge is 0.382 e. The molecule has 2 N–H and O–H groups in total. The van der Waals surface area contributed by atoms with E-state index in [4.69, 9.17) is 0 Å². The summed E-state index contributed by atoms with van der Waals surface area (Å²) in [5.74, 6) is -1.67. The molecule has 1 amide bonds. The van der Waals surface area contributed by atoms with E-state index in [1.54, 1.807) is 42.5 Å². The minimum absolute atomic E-state index is 0.145. The van der Waals surface area contributed by atoms with Gasteiger partial charge >= 0.3 is 0 Å². The molecular formula is C31H29F2N5O3. The van der Waals surface area contributed by atoms with E-state index < -0.39 is 29.7 Å². The maximum absolute atomic E-state index is 15.7. The minimum atomic E-state index is -1.37. The third kappa shape index (κ3) is 5.05. The summed E-state index contributed by atoms with van der Waals surface area (Å²) >= 11 is 0. The number of nitrogens with zero attached hydrogens (tertiary/aromatic N) is 3. The van der Waals surface area contributed by atoms with E-state index in [1.165, 1.54) is 16.5 Å². The monoisotopic (exact) mass is 557 g/mol. The lowest BCUT2D eigenvalue weighted by molar-refractivity contribution is -0.138. The van der Waals surface area contributed by atoms with Gasteiger partial charge in [0.05, 0.1) is 29.5 Å². The van der Waals surface area contributed by atoms with Crippen LogP contribution >= 0.6 is 0 Å². The molecule has 0 radical (unpaired) electrons. The number of benzene rings is 3. The predicted molar refractivity (Wildman–Crippen MR) is 152 cm³/mol. The van der Waals surface area contributed by atoms with Gasteiger partial charge in [0.25, 0.3) is 0 Å². The van der Waals surface area contributed by atoms with Gasteiger partial charge < -0.3 is 15.5 Å². The van der Waals surface area contributed by atoms with Crippen molar-refractivity contribution in [3.63, 3.8) is 0 Å². The molecule has 41 heavy (non-hydrogen) atoms. The van der Waals surface area contributed by atoms with Crippen LogP contribution in [-0.4, -0.2) is 64.0 Å². The number of hydrogen-bond acceptors (Lipinski definition) is 6. The first-order valence-electron chi connectivity index (χ1n) is 13.6. The number of carbonyl (C=O) groups excluding carboxylic acids is 3. The first-order valence-corrected chi connectivity index (χ1v) is 13.6. The highest BCUT2D eigenvalue weighted by molar-refractivity contribution is 6.05. The molecule has 0 bridgehead atoms. The van der Waals surface area contributed by atoms with E-state index in [2.05, 4.69) is 15.7 Å². The zero-order chi connectivity index (χ0) is 28.7. The molecule has 1 fully saturated rings. The van der Waals surface area contributed by atoms with E-state index in [1.807, 2.05) is 18.2 Å². The molecule has 4 aromatic rings. The number of amides is 1.